The molecule has 16 heavy (non-hydrogen) atoms. The molecular weight excluding hydrogens is 272 g/mol. The summed E-state index contributed by atoms with van der Waals surface area (Å²) < 4.78 is 8.33. The molecule has 0 aromatic carbocycles. The van der Waals surface area contributed by atoms with Crippen LogP contribution in [-0.4, -0.2) is 26.4 Å². The van der Waals surface area contributed by atoms with Crippen LogP contribution in [0.2, 0.25) is 0 Å². The van der Waals surface area contributed by atoms with Crippen LogP contribution in [0.5, 0.6) is 0 Å². The molecule has 0 radical (unpaired) electrons. The lowest BCUT2D eigenvalue weighted by molar-refractivity contribution is -0.0371. The van der Waals surface area contributed by atoms with Crippen LogP contribution < -0.4 is 0 Å². The summed E-state index contributed by atoms with van der Waals surface area (Å²) in [6.45, 7) is 0.800. The van der Waals surface area contributed by atoms with Crippen LogP contribution in [0.1, 0.15) is 25.5 Å². The number of nitrogens with zero attached hydrogens (tertiary/aromatic N) is 4. The van der Waals surface area contributed by atoms with Gasteiger partial charge in [-0.3, -0.25) is 0 Å². The van der Waals surface area contributed by atoms with E-state index in [-0.39, 0.29) is 6.23 Å². The van der Waals surface area contributed by atoms with Gasteiger partial charge in [0.25, 0.3) is 0 Å². The zero-order chi connectivity index (χ0) is 11.0. The minimum absolute atomic E-state index is 0.0115. The maximum Gasteiger partial charge on any atom is 0.165 e. The summed E-state index contributed by atoms with van der Waals surface area (Å²) in [5.74, 6) is 0. The van der Waals surface area contributed by atoms with Crippen molar-refractivity contribution in [1.29, 1.82) is 0 Å². The number of hydrogen-bond acceptors (Lipinski definition) is 4. The van der Waals surface area contributed by atoms with Crippen LogP contribution in [-0.2, 0) is 4.74 Å². The largest absolute Gasteiger partial charge is 0.356 e. The van der Waals surface area contributed by atoms with E-state index in [0.717, 1.165) is 35.1 Å². The van der Waals surface area contributed by atoms with Crippen molar-refractivity contribution in [2.75, 3.05) is 6.61 Å². The Balaban J connectivity index is 2.08. The molecule has 84 valence electrons. The standard InChI is InChI=1S/C10H11BrN4O/c11-9-7-5-12-6-13-10(7)15(14-9)8-3-1-2-4-16-8/h5-6,8H,1-4H2. The summed E-state index contributed by atoms with van der Waals surface area (Å²) in [6.07, 6.45) is 6.61. The number of hydrogen-bond donors (Lipinski definition) is 0. The van der Waals surface area contributed by atoms with Gasteiger partial charge in [0.2, 0.25) is 0 Å². The summed E-state index contributed by atoms with van der Waals surface area (Å²) >= 11 is 3.42. The average Bonchev–Trinajstić information content (AvgIpc) is 2.69. The molecule has 2 aromatic heterocycles. The first-order chi connectivity index (χ1) is 7.86. The molecule has 3 heterocycles. The Hall–Kier alpha value is -1.01. The van der Waals surface area contributed by atoms with Gasteiger partial charge in [0.1, 0.15) is 10.9 Å². The van der Waals surface area contributed by atoms with E-state index < -0.39 is 0 Å². The molecule has 1 atom stereocenters. The Kier molecular flexibility index (Phi) is 2.61. The summed E-state index contributed by atoms with van der Waals surface area (Å²) in [5, 5.41) is 5.35. The Bertz CT molecular complexity index is 506. The zero-order valence-corrected chi connectivity index (χ0v) is 10.2. The van der Waals surface area contributed by atoms with Crippen LogP contribution >= 0.6 is 15.9 Å². The fourth-order valence-corrected chi connectivity index (χ4v) is 2.42. The topological polar surface area (TPSA) is 52.8 Å². The predicted octanol–water partition coefficient (Wildman–Crippen LogP) is 2.29. The molecule has 5 nitrogen and oxygen atoms in total. The molecule has 0 spiro atoms. The molecule has 1 unspecified atom stereocenters. The van der Waals surface area contributed by atoms with E-state index in [1.54, 1.807) is 6.20 Å². The second-order valence-electron chi connectivity index (χ2n) is 3.82. The zero-order valence-electron chi connectivity index (χ0n) is 8.64. The quantitative estimate of drug-likeness (QED) is 0.805. The number of ether oxygens (including phenoxy) is 1. The van der Waals surface area contributed by atoms with Gasteiger partial charge in [-0.2, -0.15) is 5.10 Å². The number of aromatic nitrogens is 4. The number of rotatable bonds is 1. The van der Waals surface area contributed by atoms with Gasteiger partial charge in [0.15, 0.2) is 11.9 Å². The Labute approximate surface area is 101 Å². The normalized spacial score (nSPS) is 21.4. The molecule has 0 N–H and O–H groups in total. The maximum absolute atomic E-state index is 5.70. The SMILES string of the molecule is Brc1nn(C2CCCCO2)c2ncncc12. The minimum Gasteiger partial charge on any atom is -0.356 e. The lowest BCUT2D eigenvalue weighted by Crippen LogP contribution is -2.19. The fourth-order valence-electron chi connectivity index (χ4n) is 1.96. The van der Waals surface area contributed by atoms with E-state index in [0.29, 0.717) is 0 Å². The van der Waals surface area contributed by atoms with Crippen LogP contribution in [0.15, 0.2) is 17.1 Å². The van der Waals surface area contributed by atoms with Crippen molar-refractivity contribution in [2.45, 2.75) is 25.5 Å². The number of halogens is 1. The average molecular weight is 283 g/mol. The molecular formula is C10H11BrN4O. The smallest absolute Gasteiger partial charge is 0.165 e. The van der Waals surface area contributed by atoms with Crippen molar-refractivity contribution in [3.8, 4) is 0 Å². The summed E-state index contributed by atoms with van der Waals surface area (Å²) in [6, 6.07) is 0. The van der Waals surface area contributed by atoms with Crippen molar-refractivity contribution in [2.24, 2.45) is 0 Å². The van der Waals surface area contributed by atoms with Gasteiger partial charge in [-0.25, -0.2) is 14.6 Å². The van der Waals surface area contributed by atoms with Crippen LogP contribution in [0.4, 0.5) is 0 Å². The van der Waals surface area contributed by atoms with Gasteiger partial charge in [0, 0.05) is 12.8 Å². The third kappa shape index (κ3) is 1.62. The maximum atomic E-state index is 5.70. The minimum atomic E-state index is 0.0115. The van der Waals surface area contributed by atoms with E-state index in [2.05, 4.69) is 31.0 Å². The van der Waals surface area contributed by atoms with Gasteiger partial charge in [-0.1, -0.05) is 0 Å². The highest BCUT2D eigenvalue weighted by Gasteiger charge is 2.20. The predicted molar refractivity (Wildman–Crippen MR) is 61.9 cm³/mol. The highest BCUT2D eigenvalue weighted by atomic mass is 79.9. The molecule has 6 heteroatoms. The van der Waals surface area contributed by atoms with Crippen molar-refractivity contribution >= 4 is 27.0 Å². The fraction of sp³-hybridized carbons (Fsp3) is 0.500. The molecule has 1 aliphatic rings. The van der Waals surface area contributed by atoms with Crippen LogP contribution in [0, 0.1) is 0 Å². The van der Waals surface area contributed by atoms with E-state index in [1.807, 2.05) is 4.68 Å². The third-order valence-electron chi connectivity index (χ3n) is 2.75. The molecule has 0 saturated carbocycles. The molecule has 0 aliphatic carbocycles. The summed E-state index contributed by atoms with van der Waals surface area (Å²) in [5.41, 5.74) is 0.828. The first kappa shape index (κ1) is 10.2. The van der Waals surface area contributed by atoms with Crippen molar-refractivity contribution < 1.29 is 4.74 Å². The molecule has 1 fully saturated rings. The molecule has 0 bridgehead atoms. The summed E-state index contributed by atoms with van der Waals surface area (Å²) in [7, 11) is 0. The van der Waals surface area contributed by atoms with E-state index >= 15 is 0 Å². The second kappa shape index (κ2) is 4.10. The first-order valence-electron chi connectivity index (χ1n) is 5.31. The van der Waals surface area contributed by atoms with Gasteiger partial charge in [0.05, 0.1) is 5.39 Å². The highest BCUT2D eigenvalue weighted by molar-refractivity contribution is 9.10. The lowest BCUT2D eigenvalue weighted by Gasteiger charge is -2.22. The van der Waals surface area contributed by atoms with Gasteiger partial charge < -0.3 is 4.74 Å². The molecule has 3 rings (SSSR count). The van der Waals surface area contributed by atoms with Crippen LogP contribution in [0.3, 0.4) is 0 Å². The lowest BCUT2D eigenvalue weighted by atomic mass is 10.2. The summed E-state index contributed by atoms with van der Waals surface area (Å²) in [4.78, 5) is 8.25. The van der Waals surface area contributed by atoms with E-state index in [4.69, 9.17) is 4.74 Å². The van der Waals surface area contributed by atoms with Crippen molar-refractivity contribution in [1.82, 2.24) is 19.7 Å². The van der Waals surface area contributed by atoms with Crippen molar-refractivity contribution in [3.63, 3.8) is 0 Å². The molecule has 0 amide bonds. The molecule has 2 aromatic rings. The van der Waals surface area contributed by atoms with Gasteiger partial charge >= 0.3 is 0 Å². The Morgan fingerprint density at radius 3 is 3.19 bits per heavy atom. The second-order valence-corrected chi connectivity index (χ2v) is 4.57. The Morgan fingerprint density at radius 1 is 1.44 bits per heavy atom. The monoisotopic (exact) mass is 282 g/mol. The van der Waals surface area contributed by atoms with E-state index in [1.165, 1.54) is 12.7 Å². The Morgan fingerprint density at radius 2 is 2.38 bits per heavy atom. The third-order valence-corrected chi connectivity index (χ3v) is 3.34. The van der Waals surface area contributed by atoms with E-state index in [9.17, 15) is 0 Å². The molecule has 1 aliphatic heterocycles. The molecule has 1 saturated heterocycles. The van der Waals surface area contributed by atoms with Crippen LogP contribution in [0.25, 0.3) is 11.0 Å². The first-order valence-corrected chi connectivity index (χ1v) is 6.11. The number of fused-ring (bicyclic) bond motifs is 1. The van der Waals surface area contributed by atoms with Crippen molar-refractivity contribution in [3.05, 3.63) is 17.1 Å². The van der Waals surface area contributed by atoms with Gasteiger partial charge in [-0.05, 0) is 35.2 Å². The highest BCUT2D eigenvalue weighted by Crippen LogP contribution is 2.28. The van der Waals surface area contributed by atoms with Gasteiger partial charge in [-0.15, -0.1) is 0 Å².